The summed E-state index contributed by atoms with van der Waals surface area (Å²) in [7, 11) is 0. The van der Waals surface area contributed by atoms with Crippen LogP contribution < -0.4 is 10.1 Å². The molecule has 2 aromatic rings. The molecule has 154 valence electrons. The van der Waals surface area contributed by atoms with E-state index in [2.05, 4.69) is 15.5 Å². The highest BCUT2D eigenvalue weighted by Crippen LogP contribution is 2.32. The van der Waals surface area contributed by atoms with Crippen LogP contribution in [0.15, 0.2) is 28.7 Å². The lowest BCUT2D eigenvalue weighted by molar-refractivity contribution is -0.134. The van der Waals surface area contributed by atoms with Gasteiger partial charge in [-0.05, 0) is 38.0 Å². The molecule has 0 spiro atoms. The lowest BCUT2D eigenvalue weighted by atomic mass is 10.1. The maximum Gasteiger partial charge on any atom is 0.252 e. The lowest BCUT2D eigenvalue weighted by Crippen LogP contribution is -2.42. The minimum absolute atomic E-state index is 0.0526. The maximum absolute atomic E-state index is 12.6. The van der Waals surface area contributed by atoms with Crippen LogP contribution in [0.5, 0.6) is 5.75 Å². The number of aryl methyl sites for hydroxylation is 1. The van der Waals surface area contributed by atoms with Crippen molar-refractivity contribution in [1.29, 1.82) is 0 Å². The number of nitrogens with one attached hydrogen (secondary N) is 1. The summed E-state index contributed by atoms with van der Waals surface area (Å²) < 4.78 is 11.4. The van der Waals surface area contributed by atoms with Crippen LogP contribution in [0, 0.1) is 12.8 Å². The van der Waals surface area contributed by atoms with Crippen LogP contribution in [-0.4, -0.2) is 46.1 Å². The number of benzene rings is 1. The molecule has 8 heteroatoms. The Morgan fingerprint density at radius 3 is 2.62 bits per heavy atom. The van der Waals surface area contributed by atoms with Crippen LogP contribution in [-0.2, 0) is 4.79 Å². The van der Waals surface area contributed by atoms with Crippen molar-refractivity contribution in [1.82, 2.24) is 20.4 Å². The van der Waals surface area contributed by atoms with Crippen LogP contribution in [0.3, 0.4) is 0 Å². The average molecular weight is 398 g/mol. The van der Waals surface area contributed by atoms with Crippen molar-refractivity contribution in [2.75, 3.05) is 13.1 Å². The van der Waals surface area contributed by atoms with E-state index >= 15 is 0 Å². The number of ether oxygens (including phenoxy) is 1. The van der Waals surface area contributed by atoms with Gasteiger partial charge >= 0.3 is 0 Å². The molecule has 8 nitrogen and oxygen atoms in total. The predicted molar refractivity (Wildman–Crippen MR) is 104 cm³/mol. The molecule has 2 heterocycles. The van der Waals surface area contributed by atoms with Gasteiger partial charge in [-0.15, -0.1) is 10.2 Å². The van der Waals surface area contributed by atoms with E-state index in [1.807, 2.05) is 11.0 Å². The van der Waals surface area contributed by atoms with Gasteiger partial charge in [0.05, 0.1) is 0 Å². The fourth-order valence-corrected chi connectivity index (χ4v) is 3.51. The van der Waals surface area contributed by atoms with E-state index in [-0.39, 0.29) is 24.0 Å². The van der Waals surface area contributed by atoms with Gasteiger partial charge in [-0.3, -0.25) is 9.59 Å². The molecule has 1 unspecified atom stereocenters. The molecule has 0 radical (unpaired) electrons. The third kappa shape index (κ3) is 4.75. The molecule has 1 atom stereocenters. The van der Waals surface area contributed by atoms with Gasteiger partial charge in [-0.25, -0.2) is 0 Å². The van der Waals surface area contributed by atoms with Gasteiger partial charge in [0.2, 0.25) is 17.7 Å². The fraction of sp³-hybridized carbons (Fsp3) is 0.524. The average Bonchev–Trinajstić information content (AvgIpc) is 3.48. The second-order valence-corrected chi connectivity index (χ2v) is 7.80. The standard InChI is InChI=1S/C21H26N4O4/c1-13(20-24-23-14(2)28-20)22-19(26)16-4-3-5-18(12-16)29-17-8-10-25(11-9-17)21(27)15-6-7-15/h3-5,12-13,15,17H,6-11H2,1-2H3,(H,22,26). The summed E-state index contributed by atoms with van der Waals surface area (Å²) in [5, 5.41) is 10.6. The third-order valence-electron chi connectivity index (χ3n) is 5.34. The highest BCUT2D eigenvalue weighted by molar-refractivity contribution is 5.94. The fourth-order valence-electron chi connectivity index (χ4n) is 3.51. The quantitative estimate of drug-likeness (QED) is 0.803. The van der Waals surface area contributed by atoms with Crippen molar-refractivity contribution in [3.05, 3.63) is 41.6 Å². The summed E-state index contributed by atoms with van der Waals surface area (Å²) in [6, 6.07) is 6.75. The highest BCUT2D eigenvalue weighted by Gasteiger charge is 2.35. The van der Waals surface area contributed by atoms with Crippen molar-refractivity contribution in [3.63, 3.8) is 0 Å². The Morgan fingerprint density at radius 2 is 1.97 bits per heavy atom. The lowest BCUT2D eigenvalue weighted by Gasteiger charge is -2.32. The summed E-state index contributed by atoms with van der Waals surface area (Å²) in [5.74, 6) is 1.82. The first-order chi connectivity index (χ1) is 14.0. The minimum atomic E-state index is -0.387. The number of piperidine rings is 1. The van der Waals surface area contributed by atoms with Gasteiger partial charge in [-0.1, -0.05) is 6.07 Å². The molecule has 1 N–H and O–H groups in total. The van der Waals surface area contributed by atoms with E-state index in [0.717, 1.165) is 38.8 Å². The maximum atomic E-state index is 12.6. The van der Waals surface area contributed by atoms with Crippen LogP contribution >= 0.6 is 0 Å². The first-order valence-electron chi connectivity index (χ1n) is 10.2. The minimum Gasteiger partial charge on any atom is -0.490 e. The van der Waals surface area contributed by atoms with Gasteiger partial charge in [0.25, 0.3) is 5.91 Å². The molecule has 2 aliphatic rings. The number of nitrogens with zero attached hydrogens (tertiary/aromatic N) is 3. The number of rotatable bonds is 6. The van der Waals surface area contributed by atoms with E-state index < -0.39 is 0 Å². The number of hydrogen-bond donors (Lipinski definition) is 1. The van der Waals surface area contributed by atoms with Crippen LogP contribution in [0.1, 0.15) is 60.8 Å². The molecular formula is C21H26N4O4. The number of amides is 2. The van der Waals surface area contributed by atoms with E-state index in [1.54, 1.807) is 32.0 Å². The van der Waals surface area contributed by atoms with Crippen molar-refractivity contribution < 1.29 is 18.7 Å². The zero-order valence-corrected chi connectivity index (χ0v) is 16.8. The van der Waals surface area contributed by atoms with Gasteiger partial charge in [0.1, 0.15) is 17.9 Å². The number of carbonyl (C=O) groups excluding carboxylic acids is 2. The van der Waals surface area contributed by atoms with Gasteiger partial charge in [0, 0.05) is 44.3 Å². The molecule has 0 bridgehead atoms. The van der Waals surface area contributed by atoms with Crippen LogP contribution in [0.2, 0.25) is 0 Å². The van der Waals surface area contributed by atoms with Crippen molar-refractivity contribution >= 4 is 11.8 Å². The van der Waals surface area contributed by atoms with Crippen molar-refractivity contribution in [3.8, 4) is 5.75 Å². The van der Waals surface area contributed by atoms with E-state index in [1.165, 1.54) is 0 Å². The van der Waals surface area contributed by atoms with Crippen molar-refractivity contribution in [2.24, 2.45) is 5.92 Å². The number of hydrogen-bond acceptors (Lipinski definition) is 6. The SMILES string of the molecule is Cc1nnc(C(C)NC(=O)c2cccc(OC3CCN(C(=O)C4CC4)CC3)c2)o1. The molecule has 1 aromatic carbocycles. The Morgan fingerprint density at radius 1 is 1.21 bits per heavy atom. The second kappa shape index (κ2) is 8.23. The molecule has 2 fully saturated rings. The molecule has 1 aliphatic carbocycles. The second-order valence-electron chi connectivity index (χ2n) is 7.80. The first kappa shape index (κ1) is 19.4. The molecular weight excluding hydrogens is 372 g/mol. The molecule has 1 aliphatic heterocycles. The number of likely N-dealkylation sites (tertiary alicyclic amines) is 1. The molecule has 4 rings (SSSR count). The topological polar surface area (TPSA) is 97.6 Å². The smallest absolute Gasteiger partial charge is 0.252 e. The Balaban J connectivity index is 1.31. The molecule has 2 amide bonds. The highest BCUT2D eigenvalue weighted by atomic mass is 16.5. The van der Waals surface area contributed by atoms with Crippen molar-refractivity contribution in [2.45, 2.75) is 51.7 Å². The van der Waals surface area contributed by atoms with Gasteiger partial charge < -0.3 is 19.4 Å². The molecule has 1 aromatic heterocycles. The van der Waals surface area contributed by atoms with Crippen LogP contribution in [0.25, 0.3) is 0 Å². The van der Waals surface area contributed by atoms with E-state index in [0.29, 0.717) is 29.0 Å². The summed E-state index contributed by atoms with van der Waals surface area (Å²) >= 11 is 0. The molecule has 1 saturated carbocycles. The van der Waals surface area contributed by atoms with E-state index in [9.17, 15) is 9.59 Å². The Kier molecular flexibility index (Phi) is 5.51. The monoisotopic (exact) mass is 398 g/mol. The Labute approximate surface area is 169 Å². The number of carbonyl (C=O) groups is 2. The van der Waals surface area contributed by atoms with Gasteiger partial charge in [0.15, 0.2) is 0 Å². The predicted octanol–water partition coefficient (Wildman–Crippen LogP) is 2.65. The molecule has 1 saturated heterocycles. The molecule has 29 heavy (non-hydrogen) atoms. The summed E-state index contributed by atoms with van der Waals surface area (Å²) in [5.41, 5.74) is 0.506. The first-order valence-corrected chi connectivity index (χ1v) is 10.2. The summed E-state index contributed by atoms with van der Waals surface area (Å²) in [6.45, 7) is 4.97. The van der Waals surface area contributed by atoms with E-state index in [4.69, 9.17) is 9.15 Å². The normalized spacial score (nSPS) is 18.3. The Bertz CT molecular complexity index is 884. The summed E-state index contributed by atoms with van der Waals surface area (Å²) in [6.07, 6.45) is 3.74. The largest absolute Gasteiger partial charge is 0.490 e. The Hall–Kier alpha value is -2.90. The zero-order valence-electron chi connectivity index (χ0n) is 16.8. The number of aromatic nitrogens is 2. The van der Waals surface area contributed by atoms with Gasteiger partial charge in [-0.2, -0.15) is 0 Å². The summed E-state index contributed by atoms with van der Waals surface area (Å²) in [4.78, 5) is 26.7. The third-order valence-corrected chi connectivity index (χ3v) is 5.34. The zero-order chi connectivity index (χ0) is 20.4. The van der Waals surface area contributed by atoms with Crippen LogP contribution in [0.4, 0.5) is 0 Å².